The van der Waals surface area contributed by atoms with Crippen molar-refractivity contribution in [3.63, 3.8) is 0 Å². The molecular weight excluding hydrogens is 126 g/mol. The second-order valence-corrected chi connectivity index (χ2v) is 2.77. The molecule has 0 saturated heterocycles. The molecule has 42 valence electrons. The van der Waals surface area contributed by atoms with Crippen LogP contribution in [0, 0.1) is 17.9 Å². The van der Waals surface area contributed by atoms with E-state index in [4.69, 9.17) is 11.6 Å². The molecule has 0 aromatic heterocycles. The van der Waals surface area contributed by atoms with Crippen LogP contribution in [-0.2, 0) is 0 Å². The summed E-state index contributed by atoms with van der Waals surface area (Å²) in [6, 6.07) is 0. The Morgan fingerprint density at radius 3 is 2.67 bits per heavy atom. The summed E-state index contributed by atoms with van der Waals surface area (Å²) in [4.78, 5) is 0. The van der Waals surface area contributed by atoms with Gasteiger partial charge in [0.2, 0.25) is 0 Å². The third kappa shape index (κ3) is 1.12. The van der Waals surface area contributed by atoms with Crippen LogP contribution in [0.1, 0.15) is 6.42 Å². The predicted octanol–water partition coefficient (Wildman–Crippen LogP) is -0.878. The van der Waals surface area contributed by atoms with Crippen molar-refractivity contribution >= 4 is 11.6 Å². The van der Waals surface area contributed by atoms with Gasteiger partial charge < -0.3 is 6.08 Å². The Bertz CT molecular complexity index is 172. The first kappa shape index (κ1) is 7.47. The number of hydrogen-bond acceptors (Lipinski definition) is 0. The molecule has 0 aromatic carbocycles. The molecule has 2 unspecified atom stereocenters. The fraction of sp³-hybridized carbons (Fsp3) is 0.429. The van der Waals surface area contributed by atoms with Gasteiger partial charge in [0.25, 0.3) is 0 Å². The monoisotopic (exact) mass is 132 g/mol. The molecule has 2 bridgehead atoms. The molecule has 2 rings (SSSR count). The second-order valence-electron chi connectivity index (χ2n) is 2.33. The predicted molar refractivity (Wildman–Crippen MR) is 33.3 cm³/mol. The zero-order chi connectivity index (χ0) is 5.56. The molecule has 0 aliphatic heterocycles. The topological polar surface area (TPSA) is 0 Å². The van der Waals surface area contributed by atoms with E-state index < -0.39 is 0 Å². The van der Waals surface area contributed by atoms with Gasteiger partial charge in [0.15, 0.2) is 0 Å². The second kappa shape index (κ2) is 2.54. The molecule has 0 spiro atoms. The van der Waals surface area contributed by atoms with Crippen molar-refractivity contribution in [2.75, 3.05) is 0 Å². The van der Waals surface area contributed by atoms with Gasteiger partial charge in [0.05, 0.1) is 0 Å². The molecule has 0 nitrogen and oxygen atoms in total. The van der Waals surface area contributed by atoms with E-state index in [-0.39, 0.29) is 18.9 Å². The first-order valence-corrected chi connectivity index (χ1v) is 3.20. The van der Waals surface area contributed by atoms with Crippen molar-refractivity contribution in [1.29, 1.82) is 0 Å². The van der Waals surface area contributed by atoms with Gasteiger partial charge >= 0.3 is 18.9 Å². The Labute approximate surface area is 72.1 Å². The van der Waals surface area contributed by atoms with Crippen LogP contribution in [-0.4, -0.2) is 0 Å². The van der Waals surface area contributed by atoms with E-state index in [1.165, 1.54) is 6.42 Å². The van der Waals surface area contributed by atoms with Gasteiger partial charge in [0.1, 0.15) is 0 Å². The zero-order valence-corrected chi connectivity index (χ0v) is 6.15. The minimum Gasteiger partial charge on any atom is -0.493 e. The van der Waals surface area contributed by atoms with Gasteiger partial charge in [0, 0.05) is 5.03 Å². The fourth-order valence-corrected chi connectivity index (χ4v) is 1.58. The molecule has 9 heavy (non-hydrogen) atoms. The average Bonchev–Trinajstić information content (AvgIpc) is 2.23. The molecule has 0 fully saturated rings. The molecule has 0 amide bonds. The molecule has 2 aliphatic rings. The van der Waals surface area contributed by atoms with Crippen LogP contribution in [0.4, 0.5) is 0 Å². The van der Waals surface area contributed by atoms with E-state index in [2.05, 4.69) is 18.2 Å². The minimum atomic E-state index is 0. The summed E-state index contributed by atoms with van der Waals surface area (Å²) < 4.78 is 0. The first-order chi connectivity index (χ1) is 3.86. The zero-order valence-electron chi connectivity index (χ0n) is 5.39. The summed E-state index contributed by atoms with van der Waals surface area (Å²) in [5.74, 6) is 1.08. The van der Waals surface area contributed by atoms with Crippen molar-refractivity contribution in [3.8, 4) is 0 Å². The Balaban J connectivity index is 0.000000405. The number of rotatable bonds is 0. The van der Waals surface area contributed by atoms with Gasteiger partial charge in [-0.15, -0.1) is 0 Å². The summed E-state index contributed by atoms with van der Waals surface area (Å²) in [5.41, 5.74) is 0. The smallest absolute Gasteiger partial charge is 0.493 e. The van der Waals surface area contributed by atoms with E-state index >= 15 is 0 Å². The Hall–Kier alpha value is 0.367. The quantitative estimate of drug-likeness (QED) is 0.297. The van der Waals surface area contributed by atoms with E-state index in [1.54, 1.807) is 0 Å². The van der Waals surface area contributed by atoms with Gasteiger partial charge in [-0.25, -0.2) is 0 Å². The van der Waals surface area contributed by atoms with Crippen molar-refractivity contribution < 1.29 is 18.9 Å². The number of allylic oxidation sites excluding steroid dienone is 4. The van der Waals surface area contributed by atoms with E-state index in [0.29, 0.717) is 11.8 Å². The Morgan fingerprint density at radius 2 is 2.44 bits per heavy atom. The van der Waals surface area contributed by atoms with Crippen LogP contribution in [0.2, 0.25) is 0 Å². The normalized spacial score (nSPS) is 36.3. The average molecular weight is 133 g/mol. The van der Waals surface area contributed by atoms with Crippen LogP contribution in [0.25, 0.3) is 0 Å². The minimum absolute atomic E-state index is 0. The number of fused-ring (bicyclic) bond motifs is 2. The standard InChI is InChI=1S/C7H6Cl.Li/c8-7-4-5-1-2-6(7)3-5;/h2,4-6H,3H2;/q-1;+1. The van der Waals surface area contributed by atoms with Crippen molar-refractivity contribution in [3.05, 3.63) is 23.3 Å². The van der Waals surface area contributed by atoms with Crippen molar-refractivity contribution in [2.45, 2.75) is 6.42 Å². The van der Waals surface area contributed by atoms with Crippen LogP contribution >= 0.6 is 11.6 Å². The summed E-state index contributed by atoms with van der Waals surface area (Å²) in [5, 5.41) is 1.02. The maximum absolute atomic E-state index is 5.80. The number of hydrogen-bond donors (Lipinski definition) is 0. The van der Waals surface area contributed by atoms with Gasteiger partial charge in [-0.05, 0) is 5.92 Å². The Morgan fingerprint density at radius 1 is 1.67 bits per heavy atom. The maximum atomic E-state index is 5.80. The fourth-order valence-electron chi connectivity index (χ4n) is 1.27. The number of halogens is 1. The van der Waals surface area contributed by atoms with E-state index in [0.717, 1.165) is 5.03 Å². The van der Waals surface area contributed by atoms with Gasteiger partial charge in [-0.1, -0.05) is 24.1 Å². The van der Waals surface area contributed by atoms with E-state index in [9.17, 15) is 0 Å². The van der Waals surface area contributed by atoms with Gasteiger partial charge in [-0.3, -0.25) is 6.08 Å². The van der Waals surface area contributed by atoms with Crippen LogP contribution in [0.15, 0.2) is 17.2 Å². The molecule has 2 heteroatoms. The molecular formula is C7H6ClLi. The molecule has 0 radical (unpaired) electrons. The molecule has 0 aromatic rings. The summed E-state index contributed by atoms with van der Waals surface area (Å²) >= 11 is 5.80. The molecule has 2 aliphatic carbocycles. The maximum Gasteiger partial charge on any atom is 1.00 e. The summed E-state index contributed by atoms with van der Waals surface area (Å²) in [6.07, 6.45) is 8.55. The van der Waals surface area contributed by atoms with Crippen LogP contribution < -0.4 is 18.9 Å². The van der Waals surface area contributed by atoms with Gasteiger partial charge in [-0.2, -0.15) is 5.92 Å². The van der Waals surface area contributed by atoms with E-state index in [1.807, 2.05) is 0 Å². The third-order valence-electron chi connectivity index (χ3n) is 1.73. The molecule has 0 N–H and O–H groups in total. The van der Waals surface area contributed by atoms with Crippen LogP contribution in [0.5, 0.6) is 0 Å². The molecule has 0 heterocycles. The summed E-state index contributed by atoms with van der Waals surface area (Å²) in [7, 11) is 0. The third-order valence-corrected chi connectivity index (χ3v) is 2.14. The van der Waals surface area contributed by atoms with Crippen LogP contribution in [0.3, 0.4) is 0 Å². The summed E-state index contributed by atoms with van der Waals surface area (Å²) in [6.45, 7) is 0. The molecule has 0 saturated carbocycles. The first-order valence-electron chi connectivity index (χ1n) is 2.83. The SMILES string of the molecule is ClC1=CC2[C-]=CC1C2.[Li+]. The van der Waals surface area contributed by atoms with Crippen molar-refractivity contribution in [1.82, 2.24) is 0 Å². The molecule has 2 atom stereocenters. The van der Waals surface area contributed by atoms with Crippen molar-refractivity contribution in [2.24, 2.45) is 11.8 Å². The largest absolute Gasteiger partial charge is 1.00 e. The Kier molecular flexibility index (Phi) is 2.11.